The molecule has 2 fully saturated rings. The van der Waals surface area contributed by atoms with E-state index < -0.39 is 71.6 Å². The summed E-state index contributed by atoms with van der Waals surface area (Å²) in [5.41, 5.74) is 1.09. The van der Waals surface area contributed by atoms with E-state index >= 15 is 0 Å². The molecule has 62 heavy (non-hydrogen) atoms. The number of esters is 6. The molecule has 15 heteroatoms. The topological polar surface area (TPSA) is 201 Å². The van der Waals surface area contributed by atoms with Gasteiger partial charge in [0.2, 0.25) is 11.6 Å². The third kappa shape index (κ3) is 19.1. The molecule has 1 aliphatic carbocycles. The van der Waals surface area contributed by atoms with Crippen LogP contribution in [0.5, 0.6) is 0 Å². The van der Waals surface area contributed by atoms with Crippen molar-refractivity contribution in [3.63, 3.8) is 0 Å². The Kier molecular flexibility index (Phi) is 22.9. The molecule has 1 aliphatic heterocycles. The van der Waals surface area contributed by atoms with Gasteiger partial charge in [-0.2, -0.15) is 0 Å². The number of hydrogen-bond donors (Lipinski definition) is 0. The molecular weight excluding hydrogens is 805 g/mol. The van der Waals surface area contributed by atoms with Crippen LogP contribution in [0.3, 0.4) is 0 Å². The van der Waals surface area contributed by atoms with Crippen molar-refractivity contribution in [1.82, 2.24) is 0 Å². The molecule has 342 valence electrons. The first kappa shape index (κ1) is 52.8. The van der Waals surface area contributed by atoms with Gasteiger partial charge in [-0.05, 0) is 103 Å². The summed E-state index contributed by atoms with van der Waals surface area (Å²) in [6.07, 6.45) is 1.57. The normalized spacial score (nSPS) is 21.1. The predicted octanol–water partition coefficient (Wildman–Crippen LogP) is 6.50. The van der Waals surface area contributed by atoms with Crippen molar-refractivity contribution in [2.24, 2.45) is 17.8 Å². The molecule has 0 N–H and O–H groups in total. The molecular formula is C47H64O15. The lowest BCUT2D eigenvalue weighted by atomic mass is 9.81. The molecule has 0 radical (unpaired) electrons. The van der Waals surface area contributed by atoms with Crippen molar-refractivity contribution in [3.05, 3.63) is 48.6 Å². The van der Waals surface area contributed by atoms with Crippen molar-refractivity contribution >= 4 is 47.4 Å². The Balaban J connectivity index is 2.30. The van der Waals surface area contributed by atoms with Crippen LogP contribution >= 0.6 is 0 Å². The first-order chi connectivity index (χ1) is 29.3. The van der Waals surface area contributed by atoms with Crippen LogP contribution in [0.25, 0.3) is 0 Å². The Labute approximate surface area is 365 Å². The summed E-state index contributed by atoms with van der Waals surface area (Å²) < 4.78 is 39.6. The zero-order valence-corrected chi connectivity index (χ0v) is 37.1. The van der Waals surface area contributed by atoms with Gasteiger partial charge >= 0.3 is 35.8 Å². The van der Waals surface area contributed by atoms with Crippen molar-refractivity contribution in [2.45, 2.75) is 143 Å². The Hall–Kier alpha value is -5.36. The number of unbranched alkanes of at least 4 members (excludes halogenated alkanes) is 5. The highest BCUT2D eigenvalue weighted by molar-refractivity contribution is 6.07. The second-order valence-corrected chi connectivity index (χ2v) is 16.0. The summed E-state index contributed by atoms with van der Waals surface area (Å²) in [6, 6.07) is 0. The van der Waals surface area contributed by atoms with Crippen LogP contribution < -0.4 is 0 Å². The molecule has 2 aliphatic rings. The summed E-state index contributed by atoms with van der Waals surface area (Å²) in [6.45, 7) is 21.8. The average Bonchev–Trinajstić information content (AvgIpc) is 3.99. The van der Waals surface area contributed by atoms with E-state index in [1.54, 1.807) is 6.92 Å². The SMILES string of the molecule is C=C(C)C(=O)C#CCCCCC(=O)C1CC1[C@@H]1[C@@H](OC(=O)CCCCOC(=O)C(=C)C)[C@H](OC(=O)CCCCOC(=O)C(=C)C)COC1(C)OC(=O)CCCCOC(=O)C(=C)C. The summed E-state index contributed by atoms with van der Waals surface area (Å²) in [5, 5.41) is 0. The van der Waals surface area contributed by atoms with Gasteiger partial charge in [0.05, 0.1) is 32.3 Å². The number of carbonyl (C=O) groups excluding carboxylic acids is 8. The van der Waals surface area contributed by atoms with Gasteiger partial charge in [0.15, 0.2) is 12.2 Å². The summed E-state index contributed by atoms with van der Waals surface area (Å²) in [4.78, 5) is 101. The number of Topliss-reactive ketones (excluding diaryl/α,β-unsaturated/α-hetero) is 2. The quantitative estimate of drug-likeness (QED) is 0.0206. The first-order valence-corrected chi connectivity index (χ1v) is 21.2. The van der Waals surface area contributed by atoms with E-state index in [1.165, 1.54) is 27.7 Å². The van der Waals surface area contributed by atoms with Gasteiger partial charge in [0.1, 0.15) is 5.78 Å². The molecule has 3 unspecified atom stereocenters. The van der Waals surface area contributed by atoms with E-state index in [9.17, 15) is 38.4 Å². The van der Waals surface area contributed by atoms with Gasteiger partial charge in [-0.3, -0.25) is 24.0 Å². The van der Waals surface area contributed by atoms with Crippen molar-refractivity contribution in [1.29, 1.82) is 0 Å². The lowest BCUT2D eigenvalue weighted by molar-refractivity contribution is -0.310. The maximum atomic E-state index is 13.6. The summed E-state index contributed by atoms with van der Waals surface area (Å²) in [5.74, 6) is -2.26. The Morgan fingerprint density at radius 1 is 0.613 bits per heavy atom. The standard InChI is InChI=1S/C47H64O15/c1-30(2)36(48)20-12-10-11-13-21-37(49)34-28-35(34)42-43(61-40(51)23-15-18-26-57-45(54)32(5)6)38(60-39(50)22-14-17-25-56-44(53)31(3)4)29-59-47(42,9)62-41(52)24-16-19-27-58-46(55)33(7)8/h34-35,38,42-43H,1,3,5,7,10-11,13-19,21-29H2,2,4,6,8-9H3/t34?,35?,38-,42-,43+,47?/m1/s1. The second-order valence-electron chi connectivity index (χ2n) is 16.0. The van der Waals surface area contributed by atoms with Crippen LogP contribution in [-0.4, -0.2) is 91.8 Å². The molecule has 6 atom stereocenters. The minimum Gasteiger partial charge on any atom is -0.462 e. The van der Waals surface area contributed by atoms with Crippen LogP contribution in [0.1, 0.15) is 125 Å². The van der Waals surface area contributed by atoms with Crippen LogP contribution in [0.2, 0.25) is 0 Å². The smallest absolute Gasteiger partial charge is 0.333 e. The summed E-state index contributed by atoms with van der Waals surface area (Å²) >= 11 is 0. The molecule has 1 heterocycles. The molecule has 1 saturated carbocycles. The predicted molar refractivity (Wildman–Crippen MR) is 225 cm³/mol. The Bertz CT molecular complexity index is 1760. The lowest BCUT2D eigenvalue weighted by Crippen LogP contribution is -2.60. The fourth-order valence-corrected chi connectivity index (χ4v) is 6.57. The van der Waals surface area contributed by atoms with Crippen LogP contribution in [0.4, 0.5) is 0 Å². The Morgan fingerprint density at radius 3 is 1.56 bits per heavy atom. The van der Waals surface area contributed by atoms with Gasteiger partial charge in [-0.15, -0.1) is 0 Å². The molecule has 0 bridgehead atoms. The van der Waals surface area contributed by atoms with E-state index in [0.717, 1.165) is 0 Å². The zero-order valence-electron chi connectivity index (χ0n) is 37.1. The molecule has 2 rings (SSSR count). The number of hydrogen-bond acceptors (Lipinski definition) is 15. The number of ether oxygens (including phenoxy) is 7. The molecule has 0 aromatic carbocycles. The van der Waals surface area contributed by atoms with E-state index in [0.29, 0.717) is 69.8 Å². The van der Waals surface area contributed by atoms with Crippen molar-refractivity contribution in [2.75, 3.05) is 26.4 Å². The van der Waals surface area contributed by atoms with Gasteiger partial charge in [-0.1, -0.05) is 32.2 Å². The third-order valence-electron chi connectivity index (χ3n) is 10.1. The number of rotatable bonds is 28. The third-order valence-corrected chi connectivity index (χ3v) is 10.1. The first-order valence-electron chi connectivity index (χ1n) is 21.2. The molecule has 15 nitrogen and oxygen atoms in total. The van der Waals surface area contributed by atoms with Gasteiger partial charge in [0, 0.05) is 61.7 Å². The van der Waals surface area contributed by atoms with E-state index in [-0.39, 0.29) is 80.4 Å². The fraction of sp³-hybridized carbons (Fsp3) is 0.617. The highest BCUT2D eigenvalue weighted by Gasteiger charge is 2.63. The monoisotopic (exact) mass is 868 g/mol. The van der Waals surface area contributed by atoms with Gasteiger partial charge in [-0.25, -0.2) is 14.4 Å². The largest absolute Gasteiger partial charge is 0.462 e. The molecule has 0 spiro atoms. The van der Waals surface area contributed by atoms with E-state index in [2.05, 4.69) is 38.2 Å². The minimum absolute atomic E-state index is 0.0557. The zero-order chi connectivity index (χ0) is 46.4. The van der Waals surface area contributed by atoms with Gasteiger partial charge in [0.25, 0.3) is 0 Å². The number of ketones is 2. The van der Waals surface area contributed by atoms with Crippen LogP contribution in [0.15, 0.2) is 48.6 Å². The Morgan fingerprint density at radius 2 is 1.08 bits per heavy atom. The lowest BCUT2D eigenvalue weighted by Gasteiger charge is -2.47. The maximum absolute atomic E-state index is 13.6. The van der Waals surface area contributed by atoms with E-state index in [1.807, 2.05) is 0 Å². The fourth-order valence-electron chi connectivity index (χ4n) is 6.57. The molecule has 1 saturated heterocycles. The highest BCUT2D eigenvalue weighted by Crippen LogP contribution is 2.54. The number of allylic oxidation sites excluding steroid dienone is 1. The maximum Gasteiger partial charge on any atom is 0.333 e. The second kappa shape index (κ2) is 26.9. The van der Waals surface area contributed by atoms with Crippen molar-refractivity contribution < 1.29 is 71.5 Å². The van der Waals surface area contributed by atoms with Gasteiger partial charge < -0.3 is 33.2 Å². The van der Waals surface area contributed by atoms with Crippen LogP contribution in [0, 0.1) is 29.6 Å². The molecule has 0 amide bonds. The minimum atomic E-state index is -1.72. The summed E-state index contributed by atoms with van der Waals surface area (Å²) in [7, 11) is 0. The number of carbonyl (C=O) groups is 8. The van der Waals surface area contributed by atoms with E-state index in [4.69, 9.17) is 33.2 Å². The highest BCUT2D eigenvalue weighted by atomic mass is 16.7. The van der Waals surface area contributed by atoms with Crippen LogP contribution in [-0.2, 0) is 71.5 Å². The molecule has 0 aromatic rings. The average molecular weight is 869 g/mol. The van der Waals surface area contributed by atoms with Crippen molar-refractivity contribution in [3.8, 4) is 11.8 Å². The molecule has 0 aromatic heterocycles.